The summed E-state index contributed by atoms with van der Waals surface area (Å²) in [5.74, 6) is -0.148. The summed E-state index contributed by atoms with van der Waals surface area (Å²) in [4.78, 5) is 10.5. The van der Waals surface area contributed by atoms with Gasteiger partial charge in [0.05, 0.1) is 0 Å². The van der Waals surface area contributed by atoms with Crippen molar-refractivity contribution < 1.29 is 9.90 Å². The second-order valence-electron chi connectivity index (χ2n) is 5.35. The van der Waals surface area contributed by atoms with Crippen molar-refractivity contribution in [2.45, 2.75) is 37.9 Å². The molecule has 2 bridgehead atoms. The Morgan fingerprint density at radius 3 is 2.75 bits per heavy atom. The van der Waals surface area contributed by atoms with E-state index >= 15 is 0 Å². The molecule has 2 saturated carbocycles. The van der Waals surface area contributed by atoms with Gasteiger partial charge in [-0.15, -0.1) is 11.8 Å². The molecule has 2 aliphatic carbocycles. The lowest BCUT2D eigenvalue weighted by molar-refractivity contribution is -0.131. The summed E-state index contributed by atoms with van der Waals surface area (Å²) in [6.07, 6.45) is 4.73. The Labute approximate surface area is 101 Å². The van der Waals surface area contributed by atoms with Crippen LogP contribution < -0.4 is 0 Å². The first-order valence-corrected chi connectivity index (χ1v) is 6.54. The molecule has 0 heterocycles. The molecule has 3 heteroatoms. The van der Waals surface area contributed by atoms with Crippen molar-refractivity contribution in [1.29, 1.82) is 0 Å². The minimum Gasteiger partial charge on any atom is -0.478 e. The summed E-state index contributed by atoms with van der Waals surface area (Å²) in [5.41, 5.74) is 1.55. The van der Waals surface area contributed by atoms with Gasteiger partial charge in [-0.2, -0.15) is 0 Å². The molecule has 0 spiro atoms. The van der Waals surface area contributed by atoms with Crippen LogP contribution in [0.3, 0.4) is 0 Å². The van der Waals surface area contributed by atoms with Gasteiger partial charge < -0.3 is 5.11 Å². The van der Waals surface area contributed by atoms with Gasteiger partial charge in [0.2, 0.25) is 0 Å². The minimum absolute atomic E-state index is 0.0730. The van der Waals surface area contributed by atoms with Crippen LogP contribution in [-0.2, 0) is 4.79 Å². The average Bonchev–Trinajstić information content (AvgIpc) is 2.50. The first-order chi connectivity index (χ1) is 7.40. The number of fused-ring (bicyclic) bond motifs is 2. The molecule has 88 valence electrons. The van der Waals surface area contributed by atoms with Crippen LogP contribution in [0.5, 0.6) is 0 Å². The third kappa shape index (κ3) is 1.45. The van der Waals surface area contributed by atoms with Crippen LogP contribution in [0.4, 0.5) is 0 Å². The van der Waals surface area contributed by atoms with Crippen molar-refractivity contribution in [3.05, 3.63) is 23.6 Å². The summed E-state index contributed by atoms with van der Waals surface area (Å²) < 4.78 is 0.0730. The zero-order chi connectivity index (χ0) is 12.0. The van der Waals surface area contributed by atoms with E-state index in [1.165, 1.54) is 18.1 Å². The molecule has 2 nitrogen and oxygen atoms in total. The Morgan fingerprint density at radius 2 is 2.31 bits per heavy atom. The molecular weight excluding hydrogens is 220 g/mol. The average molecular weight is 238 g/mol. The summed E-state index contributed by atoms with van der Waals surface area (Å²) >= 11 is 1.66. The van der Waals surface area contributed by atoms with Gasteiger partial charge in [0.15, 0.2) is 0 Å². The SMILES string of the molecule is C=C1CC2CCC1(S/C=C\C(=O)O)C2(C)C. The van der Waals surface area contributed by atoms with Gasteiger partial charge in [0.1, 0.15) is 0 Å². The smallest absolute Gasteiger partial charge is 0.328 e. The number of rotatable bonds is 3. The molecule has 0 aromatic heterocycles. The van der Waals surface area contributed by atoms with E-state index in [0.717, 1.165) is 18.8 Å². The van der Waals surface area contributed by atoms with E-state index in [2.05, 4.69) is 20.4 Å². The van der Waals surface area contributed by atoms with E-state index in [4.69, 9.17) is 5.11 Å². The number of hydrogen-bond acceptors (Lipinski definition) is 2. The molecule has 2 atom stereocenters. The number of hydrogen-bond donors (Lipinski definition) is 1. The Hall–Kier alpha value is -0.700. The molecule has 16 heavy (non-hydrogen) atoms. The highest BCUT2D eigenvalue weighted by Crippen LogP contribution is 2.68. The molecule has 2 unspecified atom stereocenters. The summed E-state index contributed by atoms with van der Waals surface area (Å²) in [6.45, 7) is 8.79. The Bertz CT molecular complexity index is 370. The van der Waals surface area contributed by atoms with Crippen molar-refractivity contribution in [1.82, 2.24) is 0 Å². The van der Waals surface area contributed by atoms with Gasteiger partial charge >= 0.3 is 5.97 Å². The van der Waals surface area contributed by atoms with Gasteiger partial charge in [0.25, 0.3) is 0 Å². The van der Waals surface area contributed by atoms with Gasteiger partial charge in [-0.1, -0.05) is 26.0 Å². The molecule has 2 fully saturated rings. The molecule has 0 radical (unpaired) electrons. The number of carboxylic acids is 1. The van der Waals surface area contributed by atoms with Gasteiger partial charge in [-0.05, 0) is 36.0 Å². The number of carboxylic acid groups (broad SMARTS) is 1. The van der Waals surface area contributed by atoms with E-state index in [1.54, 1.807) is 17.2 Å². The van der Waals surface area contributed by atoms with Crippen molar-refractivity contribution in [3.8, 4) is 0 Å². The maximum atomic E-state index is 10.5. The van der Waals surface area contributed by atoms with E-state index in [1.807, 2.05) is 0 Å². The van der Waals surface area contributed by atoms with Gasteiger partial charge in [-0.3, -0.25) is 0 Å². The van der Waals surface area contributed by atoms with Crippen LogP contribution in [0.2, 0.25) is 0 Å². The molecular formula is C13H18O2S. The topological polar surface area (TPSA) is 37.3 Å². The van der Waals surface area contributed by atoms with Crippen LogP contribution in [0.1, 0.15) is 33.1 Å². The first-order valence-electron chi connectivity index (χ1n) is 5.66. The van der Waals surface area contributed by atoms with E-state index in [0.29, 0.717) is 0 Å². The predicted molar refractivity (Wildman–Crippen MR) is 67.4 cm³/mol. The summed E-state index contributed by atoms with van der Waals surface area (Å²) in [5, 5.41) is 10.4. The zero-order valence-electron chi connectivity index (χ0n) is 9.82. The van der Waals surface area contributed by atoms with E-state index in [-0.39, 0.29) is 10.2 Å². The highest BCUT2D eigenvalue weighted by atomic mass is 32.2. The summed E-state index contributed by atoms with van der Waals surface area (Å²) in [6, 6.07) is 0. The number of aliphatic carboxylic acids is 1. The quantitative estimate of drug-likeness (QED) is 0.604. The normalized spacial score (nSPS) is 36.1. The lowest BCUT2D eigenvalue weighted by Gasteiger charge is -2.37. The maximum absolute atomic E-state index is 10.5. The Morgan fingerprint density at radius 1 is 1.62 bits per heavy atom. The Kier molecular flexibility index (Phi) is 2.69. The lowest BCUT2D eigenvalue weighted by Crippen LogP contribution is -2.34. The predicted octanol–water partition coefficient (Wildman–Crippen LogP) is 3.45. The molecule has 2 aliphatic rings. The molecule has 1 N–H and O–H groups in total. The van der Waals surface area contributed by atoms with Gasteiger partial charge in [0, 0.05) is 10.8 Å². The van der Waals surface area contributed by atoms with Crippen molar-refractivity contribution in [3.63, 3.8) is 0 Å². The van der Waals surface area contributed by atoms with Crippen LogP contribution in [0.15, 0.2) is 23.6 Å². The standard InChI is InChI=1S/C13H18O2S/c1-9-8-10-4-6-13(9,12(10,2)3)16-7-5-11(14)15/h5,7,10H,1,4,6,8H2,2-3H3,(H,14,15)/b7-5-. The fraction of sp³-hybridized carbons (Fsp3) is 0.615. The zero-order valence-corrected chi connectivity index (χ0v) is 10.6. The molecule has 0 amide bonds. The third-order valence-corrected chi connectivity index (χ3v) is 6.14. The number of thioether (sulfide) groups is 1. The van der Waals surface area contributed by atoms with Crippen molar-refractivity contribution >= 4 is 17.7 Å². The second-order valence-corrected chi connectivity index (χ2v) is 6.56. The molecule has 0 aromatic rings. The fourth-order valence-corrected chi connectivity index (χ4v) is 4.72. The third-order valence-electron chi connectivity index (χ3n) is 4.45. The van der Waals surface area contributed by atoms with Crippen LogP contribution >= 0.6 is 11.8 Å². The number of carbonyl (C=O) groups is 1. The monoisotopic (exact) mass is 238 g/mol. The van der Waals surface area contributed by atoms with Crippen molar-refractivity contribution in [2.75, 3.05) is 0 Å². The molecule has 2 rings (SSSR count). The highest BCUT2D eigenvalue weighted by Gasteiger charge is 2.60. The van der Waals surface area contributed by atoms with Gasteiger partial charge in [-0.25, -0.2) is 4.79 Å². The first kappa shape index (κ1) is 11.8. The van der Waals surface area contributed by atoms with Crippen LogP contribution in [0, 0.1) is 11.3 Å². The van der Waals surface area contributed by atoms with Crippen LogP contribution in [-0.4, -0.2) is 15.8 Å². The fourth-order valence-electron chi connectivity index (χ4n) is 3.34. The Balaban J connectivity index is 2.22. The highest BCUT2D eigenvalue weighted by molar-refractivity contribution is 8.03. The maximum Gasteiger partial charge on any atom is 0.328 e. The minimum atomic E-state index is -0.875. The molecule has 0 aliphatic heterocycles. The molecule has 0 saturated heterocycles. The lowest BCUT2D eigenvalue weighted by atomic mass is 9.81. The largest absolute Gasteiger partial charge is 0.478 e. The second kappa shape index (κ2) is 3.66. The van der Waals surface area contributed by atoms with Crippen LogP contribution in [0.25, 0.3) is 0 Å². The molecule has 0 aromatic carbocycles. The van der Waals surface area contributed by atoms with Crippen molar-refractivity contribution in [2.24, 2.45) is 11.3 Å². The summed E-state index contributed by atoms with van der Waals surface area (Å²) in [7, 11) is 0. The van der Waals surface area contributed by atoms with E-state index in [9.17, 15) is 4.79 Å². The van der Waals surface area contributed by atoms with E-state index < -0.39 is 5.97 Å².